The lowest BCUT2D eigenvalue weighted by molar-refractivity contribution is 0.0390. The predicted octanol–water partition coefficient (Wildman–Crippen LogP) is 0.606. The van der Waals surface area contributed by atoms with Crippen molar-refractivity contribution in [3.8, 4) is 0 Å². The fraction of sp³-hybridized carbons (Fsp3) is 0.778. The maximum atomic E-state index is 11.3. The van der Waals surface area contributed by atoms with Gasteiger partial charge in [-0.1, -0.05) is 5.16 Å². The summed E-state index contributed by atoms with van der Waals surface area (Å²) >= 11 is 0. The Morgan fingerprint density at radius 1 is 1.73 bits per heavy atom. The number of amides is 1. The van der Waals surface area contributed by atoms with E-state index in [9.17, 15) is 4.79 Å². The zero-order valence-corrected chi connectivity index (χ0v) is 9.11. The van der Waals surface area contributed by atoms with Gasteiger partial charge >= 0.3 is 6.09 Å². The highest BCUT2D eigenvalue weighted by molar-refractivity contribution is 5.95. The molecular weight excluding hydrogens is 200 g/mol. The van der Waals surface area contributed by atoms with Gasteiger partial charge in [-0.3, -0.25) is 5.32 Å². The summed E-state index contributed by atoms with van der Waals surface area (Å²) in [4.78, 5) is 16.1. The number of ether oxygens (including phenoxy) is 1. The number of hydrogen-bond donors (Lipinski definition) is 2. The molecule has 1 aliphatic heterocycles. The number of oxime groups is 1. The number of carbonyl (C=O) groups is 1. The van der Waals surface area contributed by atoms with Crippen molar-refractivity contribution in [2.45, 2.75) is 38.9 Å². The molecule has 0 aliphatic carbocycles. The third-order valence-corrected chi connectivity index (χ3v) is 1.58. The van der Waals surface area contributed by atoms with Crippen molar-refractivity contribution >= 4 is 11.9 Å². The molecule has 1 aliphatic rings. The summed E-state index contributed by atoms with van der Waals surface area (Å²) in [6, 6.07) is 0. The zero-order chi connectivity index (χ0) is 11.5. The van der Waals surface area contributed by atoms with E-state index in [4.69, 9.17) is 14.7 Å². The first-order valence-electron chi connectivity index (χ1n) is 4.74. The van der Waals surface area contributed by atoms with Gasteiger partial charge in [0.05, 0.1) is 13.0 Å². The molecule has 0 bridgehead atoms. The first kappa shape index (κ1) is 11.8. The molecular formula is C9H16N2O4. The molecule has 0 aromatic rings. The van der Waals surface area contributed by atoms with E-state index in [0.717, 1.165) is 0 Å². The third kappa shape index (κ3) is 4.16. The molecule has 0 fully saturated rings. The lowest BCUT2D eigenvalue weighted by atomic mass is 10.2. The Balaban J connectivity index is 2.34. The first-order valence-corrected chi connectivity index (χ1v) is 4.74. The second kappa shape index (κ2) is 4.48. The van der Waals surface area contributed by atoms with E-state index >= 15 is 0 Å². The van der Waals surface area contributed by atoms with Gasteiger partial charge in [-0.05, 0) is 20.8 Å². The number of alkyl carbamates (subject to hydrolysis) is 1. The topological polar surface area (TPSA) is 80.2 Å². The Hall–Kier alpha value is -1.30. The lowest BCUT2D eigenvalue weighted by Gasteiger charge is -2.19. The van der Waals surface area contributed by atoms with Gasteiger partial charge in [0.15, 0.2) is 11.9 Å². The van der Waals surface area contributed by atoms with Gasteiger partial charge in [-0.2, -0.15) is 0 Å². The average Bonchev–Trinajstić information content (AvgIpc) is 2.48. The maximum absolute atomic E-state index is 11.3. The van der Waals surface area contributed by atoms with Crippen LogP contribution in [0.3, 0.4) is 0 Å². The van der Waals surface area contributed by atoms with E-state index in [2.05, 4.69) is 10.5 Å². The van der Waals surface area contributed by atoms with Crippen LogP contribution in [0.1, 0.15) is 27.2 Å². The van der Waals surface area contributed by atoms with Crippen molar-refractivity contribution in [2.75, 3.05) is 6.61 Å². The molecule has 0 radical (unpaired) electrons. The van der Waals surface area contributed by atoms with Gasteiger partial charge in [-0.15, -0.1) is 0 Å². The van der Waals surface area contributed by atoms with Crippen molar-refractivity contribution in [3.05, 3.63) is 0 Å². The van der Waals surface area contributed by atoms with Crippen LogP contribution >= 0.6 is 0 Å². The minimum Gasteiger partial charge on any atom is -0.444 e. The van der Waals surface area contributed by atoms with Gasteiger partial charge in [0, 0.05) is 0 Å². The summed E-state index contributed by atoms with van der Waals surface area (Å²) in [6.45, 7) is 5.20. The molecule has 86 valence electrons. The Bertz CT molecular complexity index is 270. The van der Waals surface area contributed by atoms with Crippen LogP contribution in [0.4, 0.5) is 4.79 Å². The second-order valence-electron chi connectivity index (χ2n) is 4.28. The molecule has 0 aromatic carbocycles. The molecule has 2 N–H and O–H groups in total. The van der Waals surface area contributed by atoms with Crippen LogP contribution in [0.2, 0.25) is 0 Å². The molecule has 1 rings (SSSR count). The standard InChI is InChI=1S/C9H16N2O4/c1-9(2,3)14-8(13)10-7-4-6(5-12)15-11-7/h6,12H,4-5H2,1-3H3,(H,10,11,13)/t6-/m1/s1. The summed E-state index contributed by atoms with van der Waals surface area (Å²) in [5, 5.41) is 14.8. The minimum absolute atomic E-state index is 0.122. The summed E-state index contributed by atoms with van der Waals surface area (Å²) in [5.74, 6) is 0.378. The Morgan fingerprint density at radius 3 is 2.87 bits per heavy atom. The molecule has 1 heterocycles. The van der Waals surface area contributed by atoms with Crippen molar-refractivity contribution < 1.29 is 19.5 Å². The van der Waals surface area contributed by atoms with Crippen LogP contribution < -0.4 is 5.32 Å². The number of rotatable bonds is 1. The van der Waals surface area contributed by atoms with Crippen LogP contribution in [-0.4, -0.2) is 35.3 Å². The molecule has 6 heteroatoms. The largest absolute Gasteiger partial charge is 0.444 e. The number of hydrogen-bond acceptors (Lipinski definition) is 5. The monoisotopic (exact) mass is 216 g/mol. The highest BCUT2D eigenvalue weighted by Crippen LogP contribution is 2.10. The zero-order valence-electron chi connectivity index (χ0n) is 9.11. The van der Waals surface area contributed by atoms with E-state index in [0.29, 0.717) is 12.3 Å². The van der Waals surface area contributed by atoms with Gasteiger partial charge < -0.3 is 14.7 Å². The van der Waals surface area contributed by atoms with Crippen LogP contribution in [0.15, 0.2) is 5.16 Å². The number of carbonyl (C=O) groups excluding carboxylic acids is 1. The summed E-state index contributed by atoms with van der Waals surface area (Å²) in [5.41, 5.74) is -0.541. The Morgan fingerprint density at radius 2 is 2.40 bits per heavy atom. The second-order valence-corrected chi connectivity index (χ2v) is 4.28. The quantitative estimate of drug-likeness (QED) is 0.672. The smallest absolute Gasteiger partial charge is 0.413 e. The van der Waals surface area contributed by atoms with Gasteiger partial charge in [0.1, 0.15) is 5.60 Å². The van der Waals surface area contributed by atoms with Gasteiger partial charge in [0.2, 0.25) is 0 Å². The normalized spacial score (nSPS) is 20.5. The van der Waals surface area contributed by atoms with E-state index in [1.165, 1.54) is 0 Å². The van der Waals surface area contributed by atoms with Crippen LogP contribution in [0, 0.1) is 0 Å². The van der Waals surface area contributed by atoms with E-state index in [-0.39, 0.29) is 12.7 Å². The van der Waals surface area contributed by atoms with Crippen LogP contribution in [0.25, 0.3) is 0 Å². The molecule has 6 nitrogen and oxygen atoms in total. The van der Waals surface area contributed by atoms with E-state index in [1.807, 2.05) is 0 Å². The highest BCUT2D eigenvalue weighted by Gasteiger charge is 2.23. The molecule has 0 saturated heterocycles. The van der Waals surface area contributed by atoms with Crippen molar-refractivity contribution in [3.63, 3.8) is 0 Å². The maximum Gasteiger partial charge on any atom is 0.413 e. The molecule has 0 unspecified atom stereocenters. The fourth-order valence-corrected chi connectivity index (χ4v) is 1.02. The van der Waals surface area contributed by atoms with Gasteiger partial charge in [-0.25, -0.2) is 4.79 Å². The number of nitrogens with one attached hydrogen (secondary N) is 1. The molecule has 1 atom stereocenters. The van der Waals surface area contributed by atoms with E-state index in [1.54, 1.807) is 20.8 Å². The summed E-state index contributed by atoms with van der Waals surface area (Å²) in [7, 11) is 0. The molecule has 0 spiro atoms. The molecule has 15 heavy (non-hydrogen) atoms. The Labute approximate surface area is 88.2 Å². The van der Waals surface area contributed by atoms with Crippen molar-refractivity contribution in [1.82, 2.24) is 5.32 Å². The molecule has 0 saturated carbocycles. The molecule has 0 aromatic heterocycles. The third-order valence-electron chi connectivity index (χ3n) is 1.58. The first-order chi connectivity index (χ1) is 6.90. The number of aliphatic hydroxyl groups excluding tert-OH is 1. The van der Waals surface area contributed by atoms with Crippen LogP contribution in [-0.2, 0) is 9.57 Å². The summed E-state index contributed by atoms with van der Waals surface area (Å²) < 4.78 is 5.02. The van der Waals surface area contributed by atoms with Gasteiger partial charge in [0.25, 0.3) is 0 Å². The SMILES string of the molecule is CC(C)(C)OC(=O)NC1=NO[C@@H](CO)C1. The van der Waals surface area contributed by atoms with E-state index < -0.39 is 11.7 Å². The van der Waals surface area contributed by atoms with Crippen LogP contribution in [0.5, 0.6) is 0 Å². The summed E-state index contributed by atoms with van der Waals surface area (Å²) in [6.07, 6.45) is -0.547. The average molecular weight is 216 g/mol. The predicted molar refractivity (Wildman–Crippen MR) is 53.4 cm³/mol. The molecule has 1 amide bonds. The highest BCUT2D eigenvalue weighted by atomic mass is 16.7. The number of nitrogens with zero attached hydrogens (tertiary/aromatic N) is 1. The fourth-order valence-electron chi connectivity index (χ4n) is 1.02. The number of aliphatic hydroxyl groups is 1. The van der Waals surface area contributed by atoms with Crippen molar-refractivity contribution in [2.24, 2.45) is 5.16 Å². The number of amidine groups is 1. The minimum atomic E-state index is -0.566. The Kier molecular flexibility index (Phi) is 3.52. The van der Waals surface area contributed by atoms with Crippen molar-refractivity contribution in [1.29, 1.82) is 0 Å². The lowest BCUT2D eigenvalue weighted by Crippen LogP contribution is -2.36.